The molecule has 1 heterocycles. The molecule has 0 amide bonds. The number of hydrogen-bond donors (Lipinski definition) is 0. The van der Waals surface area contributed by atoms with Gasteiger partial charge in [0.05, 0.1) is 24.8 Å². The van der Waals surface area contributed by atoms with Gasteiger partial charge in [-0.15, -0.1) is 0 Å². The van der Waals surface area contributed by atoms with E-state index in [4.69, 9.17) is 14.7 Å². The summed E-state index contributed by atoms with van der Waals surface area (Å²) in [4.78, 5) is 0. The monoisotopic (exact) mass is 217 g/mol. The minimum Gasteiger partial charge on any atom is -0.490 e. The Morgan fingerprint density at radius 3 is 2.69 bits per heavy atom. The van der Waals surface area contributed by atoms with Gasteiger partial charge in [-0.05, 0) is 18.1 Å². The summed E-state index contributed by atoms with van der Waals surface area (Å²) in [6.45, 7) is 5.45. The van der Waals surface area contributed by atoms with Crippen LogP contribution < -0.4 is 9.47 Å². The molecule has 84 valence electrons. The molecular formula is C13H15NO2. The van der Waals surface area contributed by atoms with Crippen molar-refractivity contribution in [1.29, 1.82) is 5.26 Å². The van der Waals surface area contributed by atoms with Crippen LogP contribution in [0.3, 0.4) is 0 Å². The zero-order valence-corrected chi connectivity index (χ0v) is 9.62. The molecule has 1 aromatic carbocycles. The number of ether oxygens (including phenoxy) is 2. The maximum Gasteiger partial charge on any atom is 0.165 e. The van der Waals surface area contributed by atoms with Gasteiger partial charge in [0.25, 0.3) is 0 Å². The maximum absolute atomic E-state index is 9.09. The Kier molecular flexibility index (Phi) is 3.00. The van der Waals surface area contributed by atoms with Crippen molar-refractivity contribution in [3.63, 3.8) is 0 Å². The number of hydrogen-bond acceptors (Lipinski definition) is 3. The highest BCUT2D eigenvalue weighted by molar-refractivity contribution is 5.56. The summed E-state index contributed by atoms with van der Waals surface area (Å²) in [7, 11) is 0. The fourth-order valence-electron chi connectivity index (χ4n) is 1.93. The SMILES string of the molecule is CC(C)c1c(C#N)ccc2c1OCCCO2. The topological polar surface area (TPSA) is 42.2 Å². The quantitative estimate of drug-likeness (QED) is 0.726. The minimum absolute atomic E-state index is 0.256. The molecule has 1 aliphatic heterocycles. The summed E-state index contributed by atoms with van der Waals surface area (Å²) in [6, 6.07) is 5.84. The highest BCUT2D eigenvalue weighted by atomic mass is 16.5. The third kappa shape index (κ3) is 1.83. The van der Waals surface area contributed by atoms with E-state index in [1.54, 1.807) is 0 Å². The predicted molar refractivity (Wildman–Crippen MR) is 60.9 cm³/mol. The summed E-state index contributed by atoms with van der Waals surface area (Å²) in [5, 5.41) is 9.09. The molecule has 0 unspecified atom stereocenters. The van der Waals surface area contributed by atoms with Crippen LogP contribution in [0.1, 0.15) is 37.3 Å². The average Bonchev–Trinajstić information content (AvgIpc) is 2.51. The van der Waals surface area contributed by atoms with Crippen LogP contribution >= 0.6 is 0 Å². The summed E-state index contributed by atoms with van der Waals surface area (Å²) >= 11 is 0. The van der Waals surface area contributed by atoms with E-state index in [2.05, 4.69) is 19.9 Å². The highest BCUT2D eigenvalue weighted by Gasteiger charge is 2.20. The van der Waals surface area contributed by atoms with Gasteiger partial charge in [0.2, 0.25) is 0 Å². The molecule has 1 aromatic rings. The first-order chi connectivity index (χ1) is 7.74. The number of nitrogens with zero attached hydrogens (tertiary/aromatic N) is 1. The zero-order chi connectivity index (χ0) is 11.5. The molecule has 0 spiro atoms. The molecule has 0 fully saturated rings. The van der Waals surface area contributed by atoms with Crippen molar-refractivity contribution in [1.82, 2.24) is 0 Å². The fraction of sp³-hybridized carbons (Fsp3) is 0.462. The molecule has 1 aliphatic rings. The van der Waals surface area contributed by atoms with E-state index in [1.165, 1.54) is 0 Å². The molecule has 0 aliphatic carbocycles. The van der Waals surface area contributed by atoms with Gasteiger partial charge in [-0.3, -0.25) is 0 Å². The van der Waals surface area contributed by atoms with Crippen LogP contribution in [0, 0.1) is 11.3 Å². The van der Waals surface area contributed by atoms with Crippen LogP contribution in [0.2, 0.25) is 0 Å². The summed E-state index contributed by atoms with van der Waals surface area (Å²) in [6.07, 6.45) is 0.883. The molecule has 0 saturated heterocycles. The third-order valence-electron chi connectivity index (χ3n) is 2.65. The minimum atomic E-state index is 0.256. The lowest BCUT2D eigenvalue weighted by atomic mass is 9.96. The lowest BCUT2D eigenvalue weighted by Crippen LogP contribution is -2.01. The van der Waals surface area contributed by atoms with Gasteiger partial charge < -0.3 is 9.47 Å². The van der Waals surface area contributed by atoms with Crippen LogP contribution in [0.4, 0.5) is 0 Å². The largest absolute Gasteiger partial charge is 0.490 e. The van der Waals surface area contributed by atoms with Gasteiger partial charge in [-0.25, -0.2) is 0 Å². The normalized spacial score (nSPS) is 14.4. The van der Waals surface area contributed by atoms with Crippen molar-refractivity contribution in [3.05, 3.63) is 23.3 Å². The second-order valence-corrected chi connectivity index (χ2v) is 4.17. The van der Waals surface area contributed by atoms with E-state index < -0.39 is 0 Å². The second kappa shape index (κ2) is 4.44. The molecule has 0 saturated carbocycles. The number of nitriles is 1. The summed E-state index contributed by atoms with van der Waals surface area (Å²) in [5.41, 5.74) is 1.64. The van der Waals surface area contributed by atoms with Crippen LogP contribution in [0.5, 0.6) is 11.5 Å². The number of rotatable bonds is 1. The lowest BCUT2D eigenvalue weighted by Gasteiger charge is -2.16. The Morgan fingerprint density at radius 1 is 1.25 bits per heavy atom. The Hall–Kier alpha value is -1.69. The Morgan fingerprint density at radius 2 is 2.00 bits per heavy atom. The highest BCUT2D eigenvalue weighted by Crippen LogP contribution is 2.39. The van der Waals surface area contributed by atoms with Gasteiger partial charge in [0.15, 0.2) is 11.5 Å². The van der Waals surface area contributed by atoms with Crippen molar-refractivity contribution < 1.29 is 9.47 Å². The molecule has 0 atom stereocenters. The van der Waals surface area contributed by atoms with Crippen LogP contribution in [-0.4, -0.2) is 13.2 Å². The molecule has 0 radical (unpaired) electrons. The van der Waals surface area contributed by atoms with Crippen molar-refractivity contribution in [3.8, 4) is 17.6 Å². The van der Waals surface area contributed by atoms with Crippen molar-refractivity contribution >= 4 is 0 Å². The molecule has 3 nitrogen and oxygen atoms in total. The molecule has 16 heavy (non-hydrogen) atoms. The zero-order valence-electron chi connectivity index (χ0n) is 9.62. The van der Waals surface area contributed by atoms with Crippen molar-refractivity contribution in [2.75, 3.05) is 13.2 Å². The van der Waals surface area contributed by atoms with Gasteiger partial charge in [-0.2, -0.15) is 5.26 Å². The molecular weight excluding hydrogens is 202 g/mol. The first kappa shape index (κ1) is 10.8. The summed E-state index contributed by atoms with van der Waals surface area (Å²) < 4.78 is 11.3. The van der Waals surface area contributed by atoms with Gasteiger partial charge >= 0.3 is 0 Å². The lowest BCUT2D eigenvalue weighted by molar-refractivity contribution is 0.296. The first-order valence-corrected chi connectivity index (χ1v) is 5.56. The van der Waals surface area contributed by atoms with Gasteiger partial charge in [-0.1, -0.05) is 13.8 Å². The van der Waals surface area contributed by atoms with Gasteiger partial charge in [0, 0.05) is 12.0 Å². The number of fused-ring (bicyclic) bond motifs is 1. The Labute approximate surface area is 95.6 Å². The van der Waals surface area contributed by atoms with E-state index in [9.17, 15) is 0 Å². The van der Waals surface area contributed by atoms with Crippen molar-refractivity contribution in [2.24, 2.45) is 0 Å². The second-order valence-electron chi connectivity index (χ2n) is 4.17. The molecule has 3 heteroatoms. The third-order valence-corrected chi connectivity index (χ3v) is 2.65. The Balaban J connectivity index is 2.58. The van der Waals surface area contributed by atoms with E-state index in [1.807, 2.05) is 12.1 Å². The number of benzene rings is 1. The van der Waals surface area contributed by atoms with E-state index >= 15 is 0 Å². The van der Waals surface area contributed by atoms with E-state index in [-0.39, 0.29) is 5.92 Å². The standard InChI is InChI=1S/C13H15NO2/c1-9(2)12-10(8-14)4-5-11-13(12)16-7-3-6-15-11/h4-5,9H,3,6-7H2,1-2H3. The molecule has 0 aromatic heterocycles. The molecule has 0 bridgehead atoms. The molecule has 2 rings (SSSR count). The fourth-order valence-corrected chi connectivity index (χ4v) is 1.93. The Bertz CT molecular complexity index is 432. The van der Waals surface area contributed by atoms with Crippen LogP contribution in [0.25, 0.3) is 0 Å². The molecule has 0 N–H and O–H groups in total. The maximum atomic E-state index is 9.09. The van der Waals surface area contributed by atoms with Crippen molar-refractivity contribution in [2.45, 2.75) is 26.2 Å². The van der Waals surface area contributed by atoms with Gasteiger partial charge in [0.1, 0.15) is 0 Å². The first-order valence-electron chi connectivity index (χ1n) is 5.56. The summed E-state index contributed by atoms with van der Waals surface area (Å²) in [5.74, 6) is 1.78. The smallest absolute Gasteiger partial charge is 0.165 e. The van der Waals surface area contributed by atoms with E-state index in [0.717, 1.165) is 23.5 Å². The van der Waals surface area contributed by atoms with Crippen LogP contribution in [0.15, 0.2) is 12.1 Å². The van der Waals surface area contributed by atoms with Crippen LogP contribution in [-0.2, 0) is 0 Å². The van der Waals surface area contributed by atoms with E-state index in [0.29, 0.717) is 18.8 Å². The predicted octanol–water partition coefficient (Wildman–Crippen LogP) is 2.84. The average molecular weight is 217 g/mol.